The summed E-state index contributed by atoms with van der Waals surface area (Å²) in [6.45, 7) is 4.19. The van der Waals surface area contributed by atoms with Crippen LogP contribution in [0.25, 0.3) is 0 Å². The molecule has 0 fully saturated rings. The molecule has 1 aromatic rings. The molecular formula is C14H19BrClNO. The fourth-order valence-corrected chi connectivity index (χ4v) is 2.58. The van der Waals surface area contributed by atoms with Crippen molar-refractivity contribution in [1.82, 2.24) is 0 Å². The number of halogens is 2. The molecule has 4 heteroatoms. The Bertz CT molecular complexity index is 409. The molecule has 1 unspecified atom stereocenters. The van der Waals surface area contributed by atoms with Crippen LogP contribution in [0, 0.1) is 5.92 Å². The molecular weight excluding hydrogens is 314 g/mol. The van der Waals surface area contributed by atoms with Gasteiger partial charge in [-0.3, -0.25) is 4.79 Å². The summed E-state index contributed by atoms with van der Waals surface area (Å²) < 4.78 is 0.814. The highest BCUT2D eigenvalue weighted by molar-refractivity contribution is 9.10. The van der Waals surface area contributed by atoms with Crippen molar-refractivity contribution in [3.8, 4) is 0 Å². The standard InChI is InChI=1S/C14H19BrClNO/c1-3-5-6-10(4-2)14(18)17-13-8-7-11(16)9-12(13)15/h7-10H,3-6H2,1-2H3,(H,17,18). The number of anilines is 1. The Labute approximate surface area is 122 Å². The Balaban J connectivity index is 2.67. The van der Waals surface area contributed by atoms with E-state index in [9.17, 15) is 4.79 Å². The van der Waals surface area contributed by atoms with E-state index in [1.165, 1.54) is 0 Å². The van der Waals surface area contributed by atoms with Crippen molar-refractivity contribution in [2.24, 2.45) is 5.92 Å². The number of nitrogens with one attached hydrogen (secondary N) is 1. The van der Waals surface area contributed by atoms with Gasteiger partial charge in [0.1, 0.15) is 0 Å². The molecule has 0 spiro atoms. The first-order valence-electron chi connectivity index (χ1n) is 6.34. The molecule has 2 nitrogen and oxygen atoms in total. The topological polar surface area (TPSA) is 29.1 Å². The predicted octanol–water partition coefficient (Wildman–Crippen LogP) is 5.26. The lowest BCUT2D eigenvalue weighted by Crippen LogP contribution is -2.22. The predicted molar refractivity (Wildman–Crippen MR) is 81.1 cm³/mol. The van der Waals surface area contributed by atoms with Gasteiger partial charge in [0.05, 0.1) is 5.69 Å². The van der Waals surface area contributed by atoms with Crippen LogP contribution in [0.3, 0.4) is 0 Å². The SMILES string of the molecule is CCCCC(CC)C(=O)Nc1ccc(Cl)cc1Br. The molecule has 0 aliphatic heterocycles. The molecule has 18 heavy (non-hydrogen) atoms. The van der Waals surface area contributed by atoms with Gasteiger partial charge in [-0.2, -0.15) is 0 Å². The number of rotatable bonds is 6. The van der Waals surface area contributed by atoms with E-state index in [2.05, 4.69) is 35.1 Å². The van der Waals surface area contributed by atoms with E-state index < -0.39 is 0 Å². The van der Waals surface area contributed by atoms with Crippen molar-refractivity contribution in [1.29, 1.82) is 0 Å². The number of hydrogen-bond donors (Lipinski definition) is 1. The van der Waals surface area contributed by atoms with E-state index in [0.29, 0.717) is 5.02 Å². The van der Waals surface area contributed by atoms with Gasteiger partial charge >= 0.3 is 0 Å². The normalized spacial score (nSPS) is 12.2. The minimum Gasteiger partial charge on any atom is -0.325 e. The summed E-state index contributed by atoms with van der Waals surface area (Å²) in [5, 5.41) is 3.60. The minimum absolute atomic E-state index is 0.0903. The first kappa shape index (κ1) is 15.5. The van der Waals surface area contributed by atoms with E-state index in [0.717, 1.165) is 35.8 Å². The summed E-state index contributed by atoms with van der Waals surface area (Å²) in [4.78, 5) is 12.1. The summed E-state index contributed by atoms with van der Waals surface area (Å²) in [5.74, 6) is 0.182. The monoisotopic (exact) mass is 331 g/mol. The molecule has 0 aliphatic carbocycles. The lowest BCUT2D eigenvalue weighted by atomic mass is 9.98. The zero-order valence-electron chi connectivity index (χ0n) is 10.8. The fourth-order valence-electron chi connectivity index (χ4n) is 1.80. The van der Waals surface area contributed by atoms with E-state index in [1.807, 2.05) is 6.07 Å². The second-order valence-electron chi connectivity index (χ2n) is 4.36. The maximum Gasteiger partial charge on any atom is 0.227 e. The third-order valence-electron chi connectivity index (χ3n) is 2.96. The van der Waals surface area contributed by atoms with E-state index in [-0.39, 0.29) is 11.8 Å². The Morgan fingerprint density at radius 2 is 2.17 bits per heavy atom. The van der Waals surface area contributed by atoms with Gasteiger partial charge in [0.2, 0.25) is 5.91 Å². The van der Waals surface area contributed by atoms with Gasteiger partial charge < -0.3 is 5.32 Å². The quantitative estimate of drug-likeness (QED) is 0.756. The Kier molecular flexibility index (Phi) is 6.72. The highest BCUT2D eigenvalue weighted by Gasteiger charge is 2.16. The Morgan fingerprint density at radius 3 is 2.72 bits per heavy atom. The first-order valence-corrected chi connectivity index (χ1v) is 7.51. The van der Waals surface area contributed by atoms with Crippen molar-refractivity contribution in [2.75, 3.05) is 5.32 Å². The van der Waals surface area contributed by atoms with Crippen LogP contribution in [0.5, 0.6) is 0 Å². The largest absolute Gasteiger partial charge is 0.325 e. The van der Waals surface area contributed by atoms with Crippen molar-refractivity contribution in [3.63, 3.8) is 0 Å². The summed E-state index contributed by atoms with van der Waals surface area (Å²) >= 11 is 9.27. The fraction of sp³-hybridized carbons (Fsp3) is 0.500. The van der Waals surface area contributed by atoms with Gasteiger partial charge in [-0.15, -0.1) is 0 Å². The third kappa shape index (κ3) is 4.62. The van der Waals surface area contributed by atoms with Crippen LogP contribution in [-0.4, -0.2) is 5.91 Å². The summed E-state index contributed by atoms with van der Waals surface area (Å²) in [7, 11) is 0. The molecule has 0 saturated carbocycles. The minimum atomic E-state index is 0.0903. The highest BCUT2D eigenvalue weighted by atomic mass is 79.9. The molecule has 0 saturated heterocycles. The lowest BCUT2D eigenvalue weighted by molar-refractivity contribution is -0.120. The van der Waals surface area contributed by atoms with Gasteiger partial charge in [0.25, 0.3) is 0 Å². The maximum atomic E-state index is 12.1. The second kappa shape index (κ2) is 7.80. The summed E-state index contributed by atoms with van der Waals surface area (Å²) in [6.07, 6.45) is 4.03. The molecule has 100 valence electrons. The zero-order valence-corrected chi connectivity index (χ0v) is 13.1. The van der Waals surface area contributed by atoms with Crippen LogP contribution in [0.1, 0.15) is 39.5 Å². The van der Waals surface area contributed by atoms with Crippen LogP contribution in [-0.2, 0) is 4.79 Å². The highest BCUT2D eigenvalue weighted by Crippen LogP contribution is 2.27. The van der Waals surface area contributed by atoms with Crippen molar-refractivity contribution >= 4 is 39.1 Å². The van der Waals surface area contributed by atoms with Crippen LogP contribution in [0.2, 0.25) is 5.02 Å². The second-order valence-corrected chi connectivity index (χ2v) is 5.65. The number of hydrogen-bond acceptors (Lipinski definition) is 1. The molecule has 0 aromatic heterocycles. The number of carbonyl (C=O) groups excluding carboxylic acids is 1. The maximum absolute atomic E-state index is 12.1. The molecule has 1 rings (SSSR count). The van der Waals surface area contributed by atoms with E-state index in [1.54, 1.807) is 12.1 Å². The van der Waals surface area contributed by atoms with Gasteiger partial charge in [0.15, 0.2) is 0 Å². The number of carbonyl (C=O) groups is 1. The van der Waals surface area contributed by atoms with Gasteiger partial charge in [-0.25, -0.2) is 0 Å². The first-order chi connectivity index (χ1) is 8.58. The summed E-state index contributed by atoms with van der Waals surface area (Å²) in [6, 6.07) is 5.37. The van der Waals surface area contributed by atoms with Crippen molar-refractivity contribution < 1.29 is 4.79 Å². The van der Waals surface area contributed by atoms with Crippen LogP contribution < -0.4 is 5.32 Å². The average molecular weight is 333 g/mol. The number of amides is 1. The van der Waals surface area contributed by atoms with Gasteiger partial charge in [0, 0.05) is 15.4 Å². The molecule has 0 heterocycles. The van der Waals surface area contributed by atoms with Crippen LogP contribution >= 0.6 is 27.5 Å². The number of benzene rings is 1. The molecule has 1 N–H and O–H groups in total. The molecule has 1 amide bonds. The van der Waals surface area contributed by atoms with E-state index >= 15 is 0 Å². The summed E-state index contributed by atoms with van der Waals surface area (Å²) in [5.41, 5.74) is 0.777. The molecule has 0 bridgehead atoms. The van der Waals surface area contributed by atoms with Crippen LogP contribution in [0.15, 0.2) is 22.7 Å². The smallest absolute Gasteiger partial charge is 0.227 e. The Hall–Kier alpha value is -0.540. The number of unbranched alkanes of at least 4 members (excludes halogenated alkanes) is 1. The third-order valence-corrected chi connectivity index (χ3v) is 3.85. The molecule has 1 aromatic carbocycles. The molecule has 0 aliphatic rings. The Morgan fingerprint density at radius 1 is 1.44 bits per heavy atom. The van der Waals surface area contributed by atoms with Crippen molar-refractivity contribution in [3.05, 3.63) is 27.7 Å². The average Bonchev–Trinajstić information content (AvgIpc) is 2.34. The zero-order chi connectivity index (χ0) is 13.5. The van der Waals surface area contributed by atoms with E-state index in [4.69, 9.17) is 11.6 Å². The van der Waals surface area contributed by atoms with Gasteiger partial charge in [-0.05, 0) is 47.0 Å². The molecule has 0 radical (unpaired) electrons. The lowest BCUT2D eigenvalue weighted by Gasteiger charge is -2.15. The van der Waals surface area contributed by atoms with Crippen molar-refractivity contribution in [2.45, 2.75) is 39.5 Å². The molecule has 1 atom stereocenters. The van der Waals surface area contributed by atoms with Gasteiger partial charge in [-0.1, -0.05) is 38.3 Å². The van der Waals surface area contributed by atoms with Crippen LogP contribution in [0.4, 0.5) is 5.69 Å².